The molecule has 0 unspecified atom stereocenters. The first-order valence-electron chi connectivity index (χ1n) is 6.81. The maximum absolute atomic E-state index is 12.5. The molecule has 0 aliphatic carbocycles. The molecule has 0 saturated heterocycles. The van der Waals surface area contributed by atoms with Gasteiger partial charge in [-0.15, -0.1) is 0 Å². The Kier molecular flexibility index (Phi) is 4.54. The van der Waals surface area contributed by atoms with Gasteiger partial charge in [0.25, 0.3) is 0 Å². The molecule has 5 heteroatoms. The molecular formula is C17H17F3N2. The molecule has 0 aromatic heterocycles. The number of nitrogens with one attached hydrogen (secondary N) is 1. The average molecular weight is 306 g/mol. The van der Waals surface area contributed by atoms with E-state index in [1.54, 1.807) is 6.21 Å². The van der Waals surface area contributed by atoms with Crippen molar-refractivity contribution in [2.45, 2.75) is 26.9 Å². The molecule has 2 rings (SSSR count). The molecule has 0 heterocycles. The largest absolute Gasteiger partial charge is 0.416 e. The normalized spacial score (nSPS) is 11.9. The molecule has 0 aliphatic heterocycles. The van der Waals surface area contributed by atoms with E-state index in [-0.39, 0.29) is 0 Å². The van der Waals surface area contributed by atoms with E-state index in [1.165, 1.54) is 17.7 Å². The minimum atomic E-state index is -4.32. The zero-order valence-corrected chi connectivity index (χ0v) is 12.6. The molecule has 2 aromatic rings. The summed E-state index contributed by atoms with van der Waals surface area (Å²) in [6, 6.07) is 8.89. The van der Waals surface area contributed by atoms with Crippen molar-refractivity contribution in [1.29, 1.82) is 0 Å². The maximum Gasteiger partial charge on any atom is 0.416 e. The van der Waals surface area contributed by atoms with Gasteiger partial charge in [-0.1, -0.05) is 17.7 Å². The highest BCUT2D eigenvalue weighted by Gasteiger charge is 2.29. The summed E-state index contributed by atoms with van der Waals surface area (Å²) in [5, 5.41) is 4.10. The van der Waals surface area contributed by atoms with Crippen molar-refractivity contribution in [2.75, 3.05) is 5.43 Å². The smallest absolute Gasteiger partial charge is 0.279 e. The van der Waals surface area contributed by atoms with Gasteiger partial charge in [-0.3, -0.25) is 5.43 Å². The first kappa shape index (κ1) is 16.1. The second kappa shape index (κ2) is 6.22. The van der Waals surface area contributed by atoms with Crippen LogP contribution in [-0.2, 0) is 6.18 Å². The highest BCUT2D eigenvalue weighted by Crippen LogP contribution is 2.29. The van der Waals surface area contributed by atoms with E-state index in [4.69, 9.17) is 0 Å². The van der Waals surface area contributed by atoms with E-state index in [1.807, 2.05) is 20.8 Å². The van der Waals surface area contributed by atoms with Gasteiger partial charge in [0.05, 0.1) is 17.5 Å². The van der Waals surface area contributed by atoms with Crippen LogP contribution in [0.1, 0.15) is 27.8 Å². The van der Waals surface area contributed by atoms with Gasteiger partial charge in [-0.05, 0) is 56.2 Å². The standard InChI is InChI=1S/C17H17F3N2/c1-11-8-12(2)16(13(3)9-11)10-21-22-15-6-4-14(5-7-15)17(18,19)20/h4-10,22H,1-3H3/b21-10+. The molecule has 0 bridgehead atoms. The SMILES string of the molecule is Cc1cc(C)c(/C=N/Nc2ccc(C(F)(F)F)cc2)c(C)c1. The molecule has 0 aliphatic rings. The fraction of sp³-hybridized carbons (Fsp3) is 0.235. The molecule has 2 aromatic carbocycles. The summed E-state index contributed by atoms with van der Waals surface area (Å²) in [5.41, 5.74) is 6.98. The Labute approximate surface area is 127 Å². The number of benzene rings is 2. The van der Waals surface area contributed by atoms with Gasteiger partial charge in [-0.2, -0.15) is 18.3 Å². The van der Waals surface area contributed by atoms with E-state index in [9.17, 15) is 13.2 Å². The molecule has 2 nitrogen and oxygen atoms in total. The van der Waals surface area contributed by atoms with Crippen LogP contribution in [0.15, 0.2) is 41.5 Å². The summed E-state index contributed by atoms with van der Waals surface area (Å²) in [6.07, 6.45) is -2.64. The zero-order valence-electron chi connectivity index (χ0n) is 12.6. The predicted octanol–water partition coefficient (Wildman–Crippen LogP) is 5.08. The van der Waals surface area contributed by atoms with Gasteiger partial charge in [0, 0.05) is 5.56 Å². The number of anilines is 1. The molecule has 1 N–H and O–H groups in total. The Balaban J connectivity index is 2.10. The number of halogens is 3. The third-order valence-electron chi connectivity index (χ3n) is 3.34. The molecule has 0 spiro atoms. The monoisotopic (exact) mass is 306 g/mol. The summed E-state index contributed by atoms with van der Waals surface area (Å²) < 4.78 is 37.4. The molecule has 22 heavy (non-hydrogen) atoms. The topological polar surface area (TPSA) is 24.4 Å². The molecule has 0 fully saturated rings. The Hall–Kier alpha value is -2.30. The minimum absolute atomic E-state index is 0.506. The lowest BCUT2D eigenvalue weighted by atomic mass is 10.0. The van der Waals surface area contributed by atoms with Gasteiger partial charge < -0.3 is 0 Å². The van der Waals surface area contributed by atoms with Crippen molar-refractivity contribution in [1.82, 2.24) is 0 Å². The van der Waals surface area contributed by atoms with E-state index < -0.39 is 11.7 Å². The van der Waals surface area contributed by atoms with Crippen LogP contribution in [0.3, 0.4) is 0 Å². The molecule has 0 amide bonds. The number of alkyl halides is 3. The Morgan fingerprint density at radius 3 is 2.00 bits per heavy atom. The highest BCUT2D eigenvalue weighted by atomic mass is 19.4. The van der Waals surface area contributed by atoms with Crippen molar-refractivity contribution in [3.8, 4) is 0 Å². The second-order valence-electron chi connectivity index (χ2n) is 5.26. The molecule has 0 atom stereocenters. The first-order valence-corrected chi connectivity index (χ1v) is 6.81. The number of nitrogens with zero attached hydrogens (tertiary/aromatic N) is 1. The lowest BCUT2D eigenvalue weighted by Gasteiger charge is -2.08. The van der Waals surface area contributed by atoms with Gasteiger partial charge >= 0.3 is 6.18 Å². The number of aryl methyl sites for hydroxylation is 3. The third kappa shape index (κ3) is 3.87. The Morgan fingerprint density at radius 2 is 1.50 bits per heavy atom. The van der Waals surface area contributed by atoms with Crippen LogP contribution in [0, 0.1) is 20.8 Å². The summed E-state index contributed by atoms with van der Waals surface area (Å²) in [4.78, 5) is 0. The van der Waals surface area contributed by atoms with Crippen LogP contribution in [0.2, 0.25) is 0 Å². The quantitative estimate of drug-likeness (QED) is 0.621. The molecule has 0 radical (unpaired) electrons. The van der Waals surface area contributed by atoms with Crippen LogP contribution >= 0.6 is 0 Å². The molecule has 0 saturated carbocycles. The molecule has 116 valence electrons. The van der Waals surface area contributed by atoms with E-state index in [2.05, 4.69) is 22.7 Å². The van der Waals surface area contributed by atoms with Crippen LogP contribution < -0.4 is 5.43 Å². The van der Waals surface area contributed by atoms with Crippen molar-refractivity contribution in [2.24, 2.45) is 5.10 Å². The van der Waals surface area contributed by atoms with Crippen molar-refractivity contribution in [3.05, 3.63) is 64.2 Å². The van der Waals surface area contributed by atoms with Gasteiger partial charge in [-0.25, -0.2) is 0 Å². The predicted molar refractivity (Wildman–Crippen MR) is 83.3 cm³/mol. The zero-order chi connectivity index (χ0) is 16.3. The maximum atomic E-state index is 12.5. The average Bonchev–Trinajstić information content (AvgIpc) is 2.41. The summed E-state index contributed by atoms with van der Waals surface area (Å²) in [6.45, 7) is 6.03. The second-order valence-corrected chi connectivity index (χ2v) is 5.26. The van der Waals surface area contributed by atoms with Crippen LogP contribution in [0.25, 0.3) is 0 Å². The summed E-state index contributed by atoms with van der Waals surface area (Å²) in [7, 11) is 0. The van der Waals surface area contributed by atoms with E-state index in [0.29, 0.717) is 5.69 Å². The van der Waals surface area contributed by atoms with Crippen molar-refractivity contribution in [3.63, 3.8) is 0 Å². The van der Waals surface area contributed by atoms with Crippen LogP contribution in [-0.4, -0.2) is 6.21 Å². The molecular weight excluding hydrogens is 289 g/mol. The number of hydrogen-bond acceptors (Lipinski definition) is 2. The van der Waals surface area contributed by atoms with Crippen LogP contribution in [0.5, 0.6) is 0 Å². The van der Waals surface area contributed by atoms with Crippen LogP contribution in [0.4, 0.5) is 18.9 Å². The van der Waals surface area contributed by atoms with Gasteiger partial charge in [0.15, 0.2) is 0 Å². The number of rotatable bonds is 3. The number of hydrazone groups is 1. The summed E-state index contributed by atoms with van der Waals surface area (Å²) >= 11 is 0. The lowest BCUT2D eigenvalue weighted by Crippen LogP contribution is -2.04. The highest BCUT2D eigenvalue weighted by molar-refractivity contribution is 5.84. The Morgan fingerprint density at radius 1 is 0.955 bits per heavy atom. The van der Waals surface area contributed by atoms with Gasteiger partial charge in [0.1, 0.15) is 0 Å². The van der Waals surface area contributed by atoms with E-state index in [0.717, 1.165) is 28.8 Å². The van der Waals surface area contributed by atoms with Gasteiger partial charge in [0.2, 0.25) is 0 Å². The fourth-order valence-electron chi connectivity index (χ4n) is 2.30. The third-order valence-corrected chi connectivity index (χ3v) is 3.34. The fourth-order valence-corrected chi connectivity index (χ4v) is 2.30. The van der Waals surface area contributed by atoms with Crippen molar-refractivity contribution < 1.29 is 13.2 Å². The van der Waals surface area contributed by atoms with Crippen molar-refractivity contribution >= 4 is 11.9 Å². The Bertz CT molecular complexity index is 663. The van der Waals surface area contributed by atoms with E-state index >= 15 is 0 Å². The lowest BCUT2D eigenvalue weighted by molar-refractivity contribution is -0.137. The number of hydrogen-bond donors (Lipinski definition) is 1. The minimum Gasteiger partial charge on any atom is -0.279 e. The summed E-state index contributed by atoms with van der Waals surface area (Å²) in [5.74, 6) is 0. The first-order chi connectivity index (χ1) is 10.3.